The van der Waals surface area contributed by atoms with E-state index in [4.69, 9.17) is 0 Å². The second kappa shape index (κ2) is 8.73. The van der Waals surface area contributed by atoms with Crippen LogP contribution >= 0.6 is 0 Å². The second-order valence-electron chi connectivity index (χ2n) is 7.15. The van der Waals surface area contributed by atoms with Gasteiger partial charge in [-0.1, -0.05) is 42.5 Å². The summed E-state index contributed by atoms with van der Waals surface area (Å²) in [5, 5.41) is 0.592. The Balaban J connectivity index is 1.59. The molecule has 0 spiro atoms. The lowest BCUT2D eigenvalue weighted by atomic mass is 10.1. The largest absolute Gasteiger partial charge is 0.337 e. The molecule has 6 heteroatoms. The van der Waals surface area contributed by atoms with Crippen molar-refractivity contribution >= 4 is 10.9 Å². The van der Waals surface area contributed by atoms with Crippen LogP contribution in [0.2, 0.25) is 0 Å². The number of hydrogen-bond acceptors (Lipinski definition) is 3. The number of nitrogens with zero attached hydrogens (tertiary/aromatic N) is 4. The van der Waals surface area contributed by atoms with Crippen molar-refractivity contribution in [3.05, 3.63) is 99.7 Å². The first-order valence-electron chi connectivity index (χ1n) is 9.96. The van der Waals surface area contributed by atoms with Gasteiger partial charge in [-0.25, -0.2) is 9.78 Å². The van der Waals surface area contributed by atoms with E-state index in [1.165, 1.54) is 10.1 Å². The molecule has 0 radical (unpaired) electrons. The van der Waals surface area contributed by atoms with Crippen LogP contribution in [0.25, 0.3) is 10.9 Å². The number of rotatable bonds is 8. The molecule has 0 bridgehead atoms. The summed E-state index contributed by atoms with van der Waals surface area (Å²) in [6, 6.07) is 17.5. The van der Waals surface area contributed by atoms with Gasteiger partial charge >= 0.3 is 5.69 Å². The maximum Gasteiger partial charge on any atom is 0.331 e. The van der Waals surface area contributed by atoms with E-state index >= 15 is 0 Å². The molecule has 0 atom stereocenters. The molecule has 0 amide bonds. The molecule has 0 aliphatic heterocycles. The van der Waals surface area contributed by atoms with Gasteiger partial charge in [0.1, 0.15) is 0 Å². The average Bonchev–Trinajstić information content (AvgIpc) is 3.27. The van der Waals surface area contributed by atoms with Crippen LogP contribution in [-0.4, -0.2) is 18.7 Å². The van der Waals surface area contributed by atoms with Crippen LogP contribution in [0.5, 0.6) is 0 Å². The highest BCUT2D eigenvalue weighted by Crippen LogP contribution is 2.09. The predicted molar refractivity (Wildman–Crippen MR) is 114 cm³/mol. The van der Waals surface area contributed by atoms with Gasteiger partial charge in [0.05, 0.1) is 17.2 Å². The number of hydrogen-bond donors (Lipinski definition) is 0. The molecule has 148 valence electrons. The molecule has 0 unspecified atom stereocenters. The van der Waals surface area contributed by atoms with Crippen molar-refractivity contribution in [2.75, 3.05) is 0 Å². The fraction of sp³-hybridized carbons (Fsp3) is 0.261. The second-order valence-corrected chi connectivity index (χ2v) is 7.15. The summed E-state index contributed by atoms with van der Waals surface area (Å²) < 4.78 is 5.11. The Morgan fingerprint density at radius 2 is 1.55 bits per heavy atom. The van der Waals surface area contributed by atoms with E-state index in [1.54, 1.807) is 23.2 Å². The lowest BCUT2D eigenvalue weighted by Gasteiger charge is -2.14. The summed E-state index contributed by atoms with van der Waals surface area (Å²) in [4.78, 5) is 30.1. The van der Waals surface area contributed by atoms with Crippen LogP contribution in [0, 0.1) is 0 Å². The normalized spacial score (nSPS) is 11.2. The summed E-state index contributed by atoms with van der Waals surface area (Å²) in [5.41, 5.74) is 1.48. The zero-order valence-corrected chi connectivity index (χ0v) is 16.3. The van der Waals surface area contributed by atoms with E-state index in [-0.39, 0.29) is 11.2 Å². The van der Waals surface area contributed by atoms with Crippen LogP contribution < -0.4 is 11.2 Å². The first-order chi connectivity index (χ1) is 14.2. The van der Waals surface area contributed by atoms with E-state index in [1.807, 2.05) is 47.2 Å². The maximum atomic E-state index is 13.1. The Labute approximate surface area is 168 Å². The third-order valence-corrected chi connectivity index (χ3v) is 5.18. The van der Waals surface area contributed by atoms with Crippen molar-refractivity contribution in [1.82, 2.24) is 18.7 Å². The fourth-order valence-electron chi connectivity index (χ4n) is 3.70. The zero-order chi connectivity index (χ0) is 20.1. The minimum atomic E-state index is -0.229. The molecule has 29 heavy (non-hydrogen) atoms. The van der Waals surface area contributed by atoms with Crippen molar-refractivity contribution in [2.24, 2.45) is 0 Å². The average molecular weight is 388 g/mol. The van der Waals surface area contributed by atoms with Crippen LogP contribution in [0.1, 0.15) is 18.4 Å². The summed E-state index contributed by atoms with van der Waals surface area (Å²) >= 11 is 0. The van der Waals surface area contributed by atoms with Crippen LogP contribution in [-0.2, 0) is 26.1 Å². The Morgan fingerprint density at radius 1 is 0.793 bits per heavy atom. The van der Waals surface area contributed by atoms with E-state index in [2.05, 4.69) is 17.1 Å². The van der Waals surface area contributed by atoms with Gasteiger partial charge in [0.2, 0.25) is 0 Å². The van der Waals surface area contributed by atoms with Gasteiger partial charge in [0.15, 0.2) is 0 Å². The number of fused-ring (bicyclic) bond motifs is 1. The summed E-state index contributed by atoms with van der Waals surface area (Å²) in [5.74, 6) is 0. The minimum absolute atomic E-state index is 0.204. The van der Waals surface area contributed by atoms with Gasteiger partial charge in [0, 0.05) is 32.0 Å². The lowest BCUT2D eigenvalue weighted by molar-refractivity contribution is 0.515. The molecule has 0 saturated heterocycles. The summed E-state index contributed by atoms with van der Waals surface area (Å²) in [6.07, 6.45) is 7.78. The smallest absolute Gasteiger partial charge is 0.331 e. The van der Waals surface area contributed by atoms with Gasteiger partial charge in [-0.15, -0.1) is 0 Å². The number of aryl methyl sites for hydroxylation is 3. The van der Waals surface area contributed by atoms with Crippen molar-refractivity contribution < 1.29 is 0 Å². The highest BCUT2D eigenvalue weighted by molar-refractivity contribution is 5.77. The fourth-order valence-corrected chi connectivity index (χ4v) is 3.70. The van der Waals surface area contributed by atoms with Gasteiger partial charge < -0.3 is 4.57 Å². The molecule has 0 fully saturated rings. The Bertz CT molecular complexity index is 1190. The Hall–Kier alpha value is -3.41. The minimum Gasteiger partial charge on any atom is -0.337 e. The van der Waals surface area contributed by atoms with E-state index < -0.39 is 0 Å². The molecule has 2 aromatic heterocycles. The quantitative estimate of drug-likeness (QED) is 0.466. The van der Waals surface area contributed by atoms with Gasteiger partial charge in [-0.2, -0.15) is 0 Å². The molecular formula is C23H24N4O2. The third kappa shape index (κ3) is 4.21. The van der Waals surface area contributed by atoms with Gasteiger partial charge in [-0.3, -0.25) is 13.9 Å². The lowest BCUT2D eigenvalue weighted by Crippen LogP contribution is -2.40. The summed E-state index contributed by atoms with van der Waals surface area (Å²) in [7, 11) is 0. The molecule has 0 aliphatic rings. The third-order valence-electron chi connectivity index (χ3n) is 5.18. The van der Waals surface area contributed by atoms with Crippen molar-refractivity contribution in [1.29, 1.82) is 0 Å². The molecule has 0 N–H and O–H groups in total. The van der Waals surface area contributed by atoms with E-state index in [0.29, 0.717) is 24.0 Å². The van der Waals surface area contributed by atoms with Crippen molar-refractivity contribution in [3.8, 4) is 0 Å². The topological polar surface area (TPSA) is 61.8 Å². The first-order valence-corrected chi connectivity index (χ1v) is 9.96. The zero-order valence-electron chi connectivity index (χ0n) is 16.3. The monoisotopic (exact) mass is 388 g/mol. The molecule has 2 aromatic carbocycles. The van der Waals surface area contributed by atoms with Crippen LogP contribution in [0.4, 0.5) is 0 Å². The highest BCUT2D eigenvalue weighted by Gasteiger charge is 2.12. The summed E-state index contributed by atoms with van der Waals surface area (Å²) in [6.45, 7) is 1.74. The predicted octanol–water partition coefficient (Wildman–Crippen LogP) is 3.08. The van der Waals surface area contributed by atoms with Crippen molar-refractivity contribution in [3.63, 3.8) is 0 Å². The van der Waals surface area contributed by atoms with Gasteiger partial charge in [-0.05, 0) is 37.0 Å². The van der Waals surface area contributed by atoms with Gasteiger partial charge in [0.25, 0.3) is 5.56 Å². The molecule has 2 heterocycles. The van der Waals surface area contributed by atoms with Crippen molar-refractivity contribution in [2.45, 2.75) is 38.9 Å². The standard InChI is InChI=1S/C23H24N4O2/c28-22-20-11-4-5-12-21(20)26(16-7-14-25-17-13-24-18-25)23(29)27(22)15-6-10-19-8-2-1-3-9-19/h1-5,8-9,11-13,17-18H,6-7,10,14-16H2. The molecular weight excluding hydrogens is 364 g/mol. The Morgan fingerprint density at radius 3 is 2.34 bits per heavy atom. The first kappa shape index (κ1) is 18.9. The Kier molecular flexibility index (Phi) is 5.70. The van der Waals surface area contributed by atoms with E-state index in [9.17, 15) is 9.59 Å². The number of benzene rings is 2. The van der Waals surface area contributed by atoms with Crippen LogP contribution in [0.3, 0.4) is 0 Å². The van der Waals surface area contributed by atoms with Crippen LogP contribution in [0.15, 0.2) is 82.9 Å². The van der Waals surface area contributed by atoms with E-state index in [0.717, 1.165) is 25.8 Å². The SMILES string of the molecule is O=c1c2ccccc2n(CCCn2ccnc2)c(=O)n1CCCc1ccccc1. The molecule has 4 rings (SSSR count). The number of aromatic nitrogens is 4. The number of imidazole rings is 1. The maximum absolute atomic E-state index is 13.1. The molecule has 4 aromatic rings. The molecule has 0 saturated carbocycles. The highest BCUT2D eigenvalue weighted by atomic mass is 16.2. The molecule has 6 nitrogen and oxygen atoms in total. The molecule has 0 aliphatic carbocycles. The number of para-hydroxylation sites is 1.